The van der Waals surface area contributed by atoms with Gasteiger partial charge in [-0.2, -0.15) is 0 Å². The van der Waals surface area contributed by atoms with Gasteiger partial charge in [-0.25, -0.2) is 4.79 Å². The first kappa shape index (κ1) is 11.5. The minimum absolute atomic E-state index is 0.452. The van der Waals surface area contributed by atoms with Crippen molar-refractivity contribution in [2.75, 3.05) is 0 Å². The first-order valence-corrected chi connectivity index (χ1v) is 4.61. The number of hydrogen-bond donors (Lipinski definition) is 0. The van der Waals surface area contributed by atoms with E-state index in [1.807, 2.05) is 0 Å². The highest BCUT2D eigenvalue weighted by Gasteiger charge is 2.07. The molecule has 0 heterocycles. The van der Waals surface area contributed by atoms with Crippen LogP contribution in [0.5, 0.6) is 0 Å². The highest BCUT2D eigenvalue weighted by Crippen LogP contribution is 2.10. The van der Waals surface area contributed by atoms with Crippen molar-refractivity contribution < 1.29 is 9.53 Å². The number of halogens is 1. The average molecular weight is 191 g/mol. The molecule has 0 bridgehead atoms. The minimum Gasteiger partial charge on any atom is -0.443 e. The van der Waals surface area contributed by atoms with Crippen LogP contribution in [-0.2, 0) is 9.53 Å². The monoisotopic (exact) mass is 190 g/mol. The molecule has 3 heteroatoms. The fraction of sp³-hybridized carbons (Fsp3) is 0.667. The van der Waals surface area contributed by atoms with Crippen LogP contribution in [0.25, 0.3) is 0 Å². The van der Waals surface area contributed by atoms with Crippen molar-refractivity contribution in [2.45, 2.75) is 38.2 Å². The van der Waals surface area contributed by atoms with Crippen LogP contribution in [-0.4, -0.2) is 11.5 Å². The van der Waals surface area contributed by atoms with E-state index in [4.69, 9.17) is 16.3 Å². The maximum atomic E-state index is 10.6. The molecule has 0 aromatic rings. The van der Waals surface area contributed by atoms with Crippen molar-refractivity contribution in [1.82, 2.24) is 0 Å². The third kappa shape index (κ3) is 6.23. The third-order valence-electron chi connectivity index (χ3n) is 1.45. The first-order valence-electron chi connectivity index (χ1n) is 4.17. The topological polar surface area (TPSA) is 26.3 Å². The highest BCUT2D eigenvalue weighted by atomic mass is 35.5. The van der Waals surface area contributed by atoms with E-state index in [-0.39, 0.29) is 0 Å². The summed E-state index contributed by atoms with van der Waals surface area (Å²) in [5, 5.41) is 0. The van der Waals surface area contributed by atoms with Gasteiger partial charge >= 0.3 is 5.97 Å². The number of rotatable bonds is 6. The Morgan fingerprint density at radius 2 is 2.33 bits per heavy atom. The largest absolute Gasteiger partial charge is 0.443 e. The Bertz CT molecular complexity index is 145. The van der Waals surface area contributed by atoms with Crippen LogP contribution < -0.4 is 0 Å². The van der Waals surface area contributed by atoms with Crippen LogP contribution in [0.4, 0.5) is 0 Å². The van der Waals surface area contributed by atoms with Crippen molar-refractivity contribution >= 4 is 17.6 Å². The molecule has 0 spiro atoms. The van der Waals surface area contributed by atoms with Crippen LogP contribution in [0.3, 0.4) is 0 Å². The van der Waals surface area contributed by atoms with Gasteiger partial charge in [0.15, 0.2) is 5.56 Å². The first-order chi connectivity index (χ1) is 5.70. The van der Waals surface area contributed by atoms with E-state index in [0.29, 0.717) is 0 Å². The summed E-state index contributed by atoms with van der Waals surface area (Å²) in [6.45, 7) is 5.39. The Hall–Kier alpha value is -0.500. The van der Waals surface area contributed by atoms with Gasteiger partial charge in [-0.05, 0) is 12.8 Å². The van der Waals surface area contributed by atoms with Gasteiger partial charge in [0.2, 0.25) is 0 Å². The highest BCUT2D eigenvalue weighted by molar-refractivity contribution is 6.20. The summed E-state index contributed by atoms with van der Waals surface area (Å²) in [5.74, 6) is -0.452. The molecule has 0 saturated carbocycles. The molecule has 70 valence electrons. The Balaban J connectivity index is 3.38. The number of ether oxygens (including phenoxy) is 1. The van der Waals surface area contributed by atoms with E-state index in [1.165, 1.54) is 0 Å². The molecule has 1 atom stereocenters. The Morgan fingerprint density at radius 1 is 1.67 bits per heavy atom. The average Bonchev–Trinajstić information content (AvgIpc) is 2.05. The van der Waals surface area contributed by atoms with Gasteiger partial charge < -0.3 is 4.74 Å². The lowest BCUT2D eigenvalue weighted by molar-refractivity contribution is -0.139. The molecule has 0 amide bonds. The standard InChI is InChI=1S/C9H15ClO2/c1-3-5-6-7-8(10)12-9(11)4-2/h4,8H,2-3,5-7H2,1H3. The second kappa shape index (κ2) is 7.17. The van der Waals surface area contributed by atoms with Gasteiger partial charge in [0.25, 0.3) is 0 Å². The predicted molar refractivity (Wildman–Crippen MR) is 50.1 cm³/mol. The van der Waals surface area contributed by atoms with E-state index in [1.54, 1.807) is 0 Å². The molecule has 0 N–H and O–H groups in total. The van der Waals surface area contributed by atoms with Crippen molar-refractivity contribution in [3.63, 3.8) is 0 Å². The molecule has 12 heavy (non-hydrogen) atoms. The summed E-state index contributed by atoms with van der Waals surface area (Å²) in [7, 11) is 0. The summed E-state index contributed by atoms with van der Waals surface area (Å²) in [4.78, 5) is 10.6. The molecule has 0 fully saturated rings. The lowest BCUT2D eigenvalue weighted by atomic mass is 10.2. The molecule has 0 aliphatic carbocycles. The van der Waals surface area contributed by atoms with E-state index in [9.17, 15) is 4.79 Å². The summed E-state index contributed by atoms with van der Waals surface area (Å²) in [5.41, 5.74) is -0.498. The van der Waals surface area contributed by atoms with Crippen molar-refractivity contribution in [3.8, 4) is 0 Å². The zero-order valence-corrected chi connectivity index (χ0v) is 8.14. The molecule has 1 unspecified atom stereocenters. The van der Waals surface area contributed by atoms with E-state index < -0.39 is 11.5 Å². The summed E-state index contributed by atoms with van der Waals surface area (Å²) >= 11 is 5.70. The predicted octanol–water partition coefficient (Wildman–Crippen LogP) is 2.86. The lowest BCUT2D eigenvalue weighted by Gasteiger charge is -2.08. The van der Waals surface area contributed by atoms with Crippen molar-refractivity contribution in [2.24, 2.45) is 0 Å². The van der Waals surface area contributed by atoms with Crippen LogP contribution in [0.15, 0.2) is 12.7 Å². The summed E-state index contributed by atoms with van der Waals surface area (Å²) < 4.78 is 4.75. The quantitative estimate of drug-likeness (QED) is 0.279. The van der Waals surface area contributed by atoms with Crippen LogP contribution in [0.1, 0.15) is 32.6 Å². The summed E-state index contributed by atoms with van der Waals surface area (Å²) in [6, 6.07) is 0. The molecule has 2 nitrogen and oxygen atoms in total. The van der Waals surface area contributed by atoms with Crippen LogP contribution >= 0.6 is 11.6 Å². The number of hydrogen-bond acceptors (Lipinski definition) is 2. The van der Waals surface area contributed by atoms with Crippen molar-refractivity contribution in [1.29, 1.82) is 0 Å². The Labute approximate surface area is 78.5 Å². The van der Waals surface area contributed by atoms with Gasteiger partial charge in [0.1, 0.15) is 0 Å². The Morgan fingerprint density at radius 3 is 2.83 bits per heavy atom. The second-order valence-electron chi connectivity index (χ2n) is 2.55. The molecular formula is C9H15ClO2. The molecule has 0 aliphatic rings. The normalized spacial score (nSPS) is 12.2. The number of esters is 1. The fourth-order valence-electron chi connectivity index (χ4n) is 0.788. The third-order valence-corrected chi connectivity index (χ3v) is 1.75. The molecular weight excluding hydrogens is 176 g/mol. The van der Waals surface area contributed by atoms with Crippen LogP contribution in [0.2, 0.25) is 0 Å². The van der Waals surface area contributed by atoms with E-state index >= 15 is 0 Å². The SMILES string of the molecule is C=CC(=O)OC(Cl)CCCCC. The maximum Gasteiger partial charge on any atom is 0.331 e. The van der Waals surface area contributed by atoms with E-state index in [0.717, 1.165) is 31.8 Å². The zero-order chi connectivity index (χ0) is 9.40. The van der Waals surface area contributed by atoms with Gasteiger partial charge in [-0.15, -0.1) is 0 Å². The zero-order valence-electron chi connectivity index (χ0n) is 7.38. The molecule has 0 saturated heterocycles. The van der Waals surface area contributed by atoms with Gasteiger partial charge in [-0.3, -0.25) is 0 Å². The van der Waals surface area contributed by atoms with E-state index in [2.05, 4.69) is 13.5 Å². The molecule has 0 aliphatic heterocycles. The lowest BCUT2D eigenvalue weighted by Crippen LogP contribution is -2.09. The second-order valence-corrected chi connectivity index (χ2v) is 3.03. The molecule has 0 rings (SSSR count). The van der Waals surface area contributed by atoms with Gasteiger partial charge in [0.05, 0.1) is 0 Å². The number of unbranched alkanes of at least 4 members (excludes halogenated alkanes) is 2. The molecule has 0 radical (unpaired) electrons. The Kier molecular flexibility index (Phi) is 6.87. The fourth-order valence-corrected chi connectivity index (χ4v) is 1.03. The van der Waals surface area contributed by atoms with Crippen molar-refractivity contribution in [3.05, 3.63) is 12.7 Å². The maximum absolute atomic E-state index is 10.6. The van der Waals surface area contributed by atoms with Crippen LogP contribution in [0, 0.1) is 0 Å². The number of carbonyl (C=O) groups excluding carboxylic acids is 1. The molecule has 0 aromatic carbocycles. The minimum atomic E-state index is -0.498. The number of carbonyl (C=O) groups is 1. The van der Waals surface area contributed by atoms with Gasteiger partial charge in [0, 0.05) is 6.08 Å². The number of alkyl halides is 1. The van der Waals surface area contributed by atoms with Gasteiger partial charge in [-0.1, -0.05) is 37.9 Å². The molecule has 0 aromatic heterocycles. The smallest absolute Gasteiger partial charge is 0.331 e. The summed E-state index contributed by atoms with van der Waals surface area (Å²) in [6.07, 6.45) is 5.09.